The zero-order chi connectivity index (χ0) is 30.9. The third kappa shape index (κ3) is 6.82. The highest BCUT2D eigenvalue weighted by Gasteiger charge is 2.36. The number of alkyl halides is 3. The molecule has 5 rings (SSSR count). The topological polar surface area (TPSA) is 88.5 Å². The van der Waals surface area contributed by atoms with E-state index in [-0.39, 0.29) is 11.1 Å². The number of carboxylic acids is 1. The van der Waals surface area contributed by atoms with Gasteiger partial charge < -0.3 is 15.2 Å². The van der Waals surface area contributed by atoms with E-state index in [1.54, 1.807) is 12.1 Å². The molecule has 0 bridgehead atoms. The predicted octanol–water partition coefficient (Wildman–Crippen LogP) is 9.03. The number of aromatic nitrogens is 1. The van der Waals surface area contributed by atoms with E-state index in [1.165, 1.54) is 11.6 Å². The van der Waals surface area contributed by atoms with Crippen molar-refractivity contribution in [3.8, 4) is 11.5 Å². The molecule has 1 fully saturated rings. The molecule has 6 nitrogen and oxygen atoms in total. The smallest absolute Gasteiger partial charge is 0.418 e. The zero-order valence-electron chi connectivity index (χ0n) is 24.2. The van der Waals surface area contributed by atoms with Gasteiger partial charge in [-0.2, -0.15) is 13.2 Å². The molecule has 2 N–H and O–H groups in total. The lowest BCUT2D eigenvalue weighted by Crippen LogP contribution is -2.21. The molecule has 1 aliphatic carbocycles. The quantitative estimate of drug-likeness (QED) is 0.224. The summed E-state index contributed by atoms with van der Waals surface area (Å²) in [6.07, 6.45) is -0.0156. The molecular formula is C34H33F3N2O4. The number of nitrogens with one attached hydrogen (secondary N) is 1. The molecule has 4 aromatic rings. The van der Waals surface area contributed by atoms with Crippen molar-refractivity contribution in [3.63, 3.8) is 0 Å². The first-order chi connectivity index (χ1) is 20.3. The average Bonchev–Trinajstić information content (AvgIpc) is 3.45. The van der Waals surface area contributed by atoms with Gasteiger partial charge in [0.05, 0.1) is 16.8 Å². The van der Waals surface area contributed by atoms with Gasteiger partial charge in [-0.3, -0.25) is 4.79 Å². The van der Waals surface area contributed by atoms with Crippen LogP contribution in [0.4, 0.5) is 18.9 Å². The Morgan fingerprint density at radius 3 is 2.26 bits per heavy atom. The van der Waals surface area contributed by atoms with Crippen molar-refractivity contribution in [1.29, 1.82) is 0 Å². The second kappa shape index (κ2) is 11.7. The van der Waals surface area contributed by atoms with Gasteiger partial charge in [-0.1, -0.05) is 70.7 Å². The summed E-state index contributed by atoms with van der Waals surface area (Å²) in [4.78, 5) is 29.7. The zero-order valence-corrected chi connectivity index (χ0v) is 24.2. The number of ether oxygens (including phenoxy) is 1. The summed E-state index contributed by atoms with van der Waals surface area (Å²) in [5.74, 6) is -0.879. The number of hydrogen-bond acceptors (Lipinski definition) is 4. The molecule has 0 spiro atoms. The molecule has 1 heterocycles. The fraction of sp³-hybridized carbons (Fsp3) is 0.324. The number of aromatic carboxylic acids is 1. The second-order valence-corrected chi connectivity index (χ2v) is 12.1. The van der Waals surface area contributed by atoms with Gasteiger partial charge in [-0.25, -0.2) is 9.78 Å². The number of para-hydroxylation sites is 1. The maximum absolute atomic E-state index is 13.7. The lowest BCUT2D eigenvalue weighted by Gasteiger charge is -2.19. The predicted molar refractivity (Wildman–Crippen MR) is 159 cm³/mol. The molecule has 0 saturated heterocycles. The summed E-state index contributed by atoms with van der Waals surface area (Å²) in [6, 6.07) is 17.6. The molecule has 0 atom stereocenters. The van der Waals surface area contributed by atoms with Crippen molar-refractivity contribution >= 4 is 28.3 Å². The highest BCUT2D eigenvalue weighted by atomic mass is 19.4. The number of halogens is 3. The van der Waals surface area contributed by atoms with Crippen LogP contribution in [0.3, 0.4) is 0 Å². The molecule has 0 radical (unpaired) electrons. The van der Waals surface area contributed by atoms with Crippen molar-refractivity contribution in [3.05, 3.63) is 94.8 Å². The number of carboxylic acid groups (broad SMARTS) is 1. The van der Waals surface area contributed by atoms with Crippen LogP contribution >= 0.6 is 0 Å². The molecule has 43 heavy (non-hydrogen) atoms. The third-order valence-electron chi connectivity index (χ3n) is 7.87. The van der Waals surface area contributed by atoms with E-state index in [9.17, 15) is 27.9 Å². The molecular weight excluding hydrogens is 557 g/mol. The van der Waals surface area contributed by atoms with Gasteiger partial charge in [-0.15, -0.1) is 0 Å². The van der Waals surface area contributed by atoms with Crippen LogP contribution in [0.25, 0.3) is 10.8 Å². The monoisotopic (exact) mass is 590 g/mol. The lowest BCUT2D eigenvalue weighted by molar-refractivity contribution is -0.136. The Morgan fingerprint density at radius 1 is 0.953 bits per heavy atom. The summed E-state index contributed by atoms with van der Waals surface area (Å²) in [5, 5.41) is 13.2. The van der Waals surface area contributed by atoms with Crippen molar-refractivity contribution in [1.82, 2.24) is 4.98 Å². The number of carbonyl (C=O) groups excluding carboxylic acids is 1. The Kier molecular flexibility index (Phi) is 8.18. The summed E-state index contributed by atoms with van der Waals surface area (Å²) in [7, 11) is 0. The van der Waals surface area contributed by atoms with Crippen molar-refractivity contribution < 1.29 is 32.6 Å². The molecule has 1 aliphatic rings. The van der Waals surface area contributed by atoms with Crippen LogP contribution in [0.15, 0.2) is 66.7 Å². The molecule has 224 valence electrons. The van der Waals surface area contributed by atoms with Gasteiger partial charge in [0, 0.05) is 11.1 Å². The molecule has 1 saturated carbocycles. The molecule has 3 aromatic carbocycles. The van der Waals surface area contributed by atoms with E-state index in [4.69, 9.17) is 4.74 Å². The largest absolute Gasteiger partial charge is 0.478 e. The van der Waals surface area contributed by atoms with Gasteiger partial charge in [0.1, 0.15) is 17.2 Å². The van der Waals surface area contributed by atoms with E-state index in [2.05, 4.69) is 31.1 Å². The van der Waals surface area contributed by atoms with E-state index >= 15 is 0 Å². The number of nitrogens with zero attached hydrogens (tertiary/aromatic N) is 1. The van der Waals surface area contributed by atoms with Crippen LogP contribution in [-0.4, -0.2) is 22.0 Å². The Balaban J connectivity index is 1.51. The van der Waals surface area contributed by atoms with Gasteiger partial charge in [0.15, 0.2) is 0 Å². The fourth-order valence-corrected chi connectivity index (χ4v) is 5.56. The normalized spacial score (nSPS) is 14.2. The number of carbonyl (C=O) groups is 2. The molecule has 0 unspecified atom stereocenters. The minimum absolute atomic E-state index is 0.0102. The number of amides is 1. The average molecular weight is 591 g/mol. The highest BCUT2D eigenvalue weighted by Crippen LogP contribution is 2.38. The Labute approximate surface area is 247 Å². The highest BCUT2D eigenvalue weighted by molar-refractivity contribution is 6.09. The van der Waals surface area contributed by atoms with Crippen molar-refractivity contribution in [2.75, 3.05) is 5.32 Å². The van der Waals surface area contributed by atoms with E-state index < -0.39 is 34.9 Å². The Hall–Kier alpha value is -4.40. The van der Waals surface area contributed by atoms with Crippen molar-refractivity contribution in [2.45, 2.75) is 64.5 Å². The Morgan fingerprint density at radius 2 is 1.63 bits per heavy atom. The van der Waals surface area contributed by atoms with Crippen LogP contribution in [0.1, 0.15) is 84.1 Å². The van der Waals surface area contributed by atoms with Crippen LogP contribution in [0.5, 0.6) is 11.5 Å². The van der Waals surface area contributed by atoms with Gasteiger partial charge in [0.2, 0.25) is 0 Å². The standard InChI is InChI=1S/C34H33F3N2O4/c1-33(2,3)22-12-15-23(16-13-22)43-24-14-11-21-18-29(38-28(26(21)19-24)17-20-7-4-5-8-20)31(40)39-30-25(32(41)42)9-6-10-27(30)34(35,36)37/h6,9-16,18-20H,4-5,7-8,17H2,1-3H3,(H,39,40)(H,41,42). The van der Waals surface area contributed by atoms with Gasteiger partial charge >= 0.3 is 12.1 Å². The summed E-state index contributed by atoms with van der Waals surface area (Å²) < 4.78 is 47.4. The van der Waals surface area contributed by atoms with E-state index in [1.807, 2.05) is 30.3 Å². The maximum Gasteiger partial charge on any atom is 0.418 e. The van der Waals surface area contributed by atoms with E-state index in [0.717, 1.165) is 49.3 Å². The van der Waals surface area contributed by atoms with Crippen LogP contribution < -0.4 is 10.1 Å². The number of pyridine rings is 1. The van der Waals surface area contributed by atoms with E-state index in [0.29, 0.717) is 34.9 Å². The molecule has 0 aliphatic heterocycles. The molecule has 1 amide bonds. The van der Waals surface area contributed by atoms with Gasteiger partial charge in [0.25, 0.3) is 5.91 Å². The molecule has 1 aromatic heterocycles. The fourth-order valence-electron chi connectivity index (χ4n) is 5.56. The van der Waals surface area contributed by atoms with Crippen molar-refractivity contribution in [2.24, 2.45) is 5.92 Å². The number of benzene rings is 3. The first-order valence-electron chi connectivity index (χ1n) is 14.3. The lowest BCUT2D eigenvalue weighted by atomic mass is 9.87. The number of fused-ring (bicyclic) bond motifs is 1. The molecule has 9 heteroatoms. The summed E-state index contributed by atoms with van der Waals surface area (Å²) in [5.41, 5.74) is -0.979. The minimum Gasteiger partial charge on any atom is -0.478 e. The maximum atomic E-state index is 13.7. The number of anilines is 1. The second-order valence-electron chi connectivity index (χ2n) is 12.1. The first-order valence-corrected chi connectivity index (χ1v) is 14.3. The SMILES string of the molecule is CC(C)(C)c1ccc(Oc2ccc3cc(C(=O)Nc4c(C(=O)O)cccc4C(F)(F)F)nc(CC4CCCC4)c3c2)cc1. The van der Waals surface area contributed by atoms with Crippen LogP contribution in [-0.2, 0) is 18.0 Å². The summed E-state index contributed by atoms with van der Waals surface area (Å²) >= 11 is 0. The Bertz CT molecular complexity index is 1670. The van der Waals surface area contributed by atoms with Crippen LogP contribution in [0.2, 0.25) is 0 Å². The number of rotatable bonds is 7. The number of hydrogen-bond donors (Lipinski definition) is 2. The minimum atomic E-state index is -4.87. The van der Waals surface area contributed by atoms with Crippen LogP contribution in [0, 0.1) is 5.92 Å². The van der Waals surface area contributed by atoms with Gasteiger partial charge in [-0.05, 0) is 71.2 Å². The first kappa shape index (κ1) is 30.1. The third-order valence-corrected chi connectivity index (χ3v) is 7.87. The summed E-state index contributed by atoms with van der Waals surface area (Å²) in [6.45, 7) is 6.42.